The van der Waals surface area contributed by atoms with E-state index >= 15 is 0 Å². The number of Topliss-reactive ketones (excluding diaryl/α,β-unsaturated/α-hetero) is 1. The van der Waals surface area contributed by atoms with Gasteiger partial charge in [0, 0.05) is 47.9 Å². The van der Waals surface area contributed by atoms with Crippen LogP contribution in [0.4, 0.5) is 11.4 Å². The van der Waals surface area contributed by atoms with E-state index in [2.05, 4.69) is 61.4 Å². The molecule has 6 aromatic rings. The highest BCUT2D eigenvalue weighted by atomic mass is 28.3. The van der Waals surface area contributed by atoms with Crippen LogP contribution in [0, 0.1) is 24.6 Å². The number of nitrogens with zero attached hydrogens (tertiary/aromatic N) is 7. The second-order valence-electron chi connectivity index (χ2n) is 14.5. The third kappa shape index (κ3) is 10.6. The van der Waals surface area contributed by atoms with Gasteiger partial charge in [-0.3, -0.25) is 19.4 Å². The fourth-order valence-electron chi connectivity index (χ4n) is 6.44. The molecule has 2 aliphatic heterocycles. The van der Waals surface area contributed by atoms with Crippen molar-refractivity contribution in [1.82, 2.24) is 9.97 Å². The SMILES string of the molecule is C=C=N[Si](C)(C)C.[C-]#[N+]c1cccc(-c2ccc3c(c2)C(=NC#N)CC(c2cccnc2)O3)c1.[C-]#[N+]c1cccc(-c2ccc3c(c2)C(=O)CC(c2cccnc2)O3)c1. The molecule has 0 N–H and O–H groups in total. The quantitative estimate of drug-likeness (QED) is 0.0742. The van der Waals surface area contributed by atoms with E-state index in [1.807, 2.05) is 103 Å². The summed E-state index contributed by atoms with van der Waals surface area (Å²) >= 11 is 0. The third-order valence-corrected chi connectivity index (χ3v) is 10.0. The number of hydrogen-bond donors (Lipinski definition) is 0. The maximum atomic E-state index is 12.6. The van der Waals surface area contributed by atoms with Gasteiger partial charge in [0.15, 0.2) is 25.4 Å². The van der Waals surface area contributed by atoms with Crippen LogP contribution in [0.5, 0.6) is 11.5 Å². The molecule has 2 unspecified atom stereocenters. The summed E-state index contributed by atoms with van der Waals surface area (Å²) in [6, 6.07) is 33.8. The van der Waals surface area contributed by atoms with Crippen molar-refractivity contribution in [1.29, 1.82) is 5.26 Å². The molecule has 8 rings (SSSR count). The van der Waals surface area contributed by atoms with E-state index in [1.54, 1.807) is 36.9 Å². The van der Waals surface area contributed by atoms with E-state index in [0.717, 1.165) is 38.9 Å². The Balaban J connectivity index is 0.000000172. The van der Waals surface area contributed by atoms with Crippen LogP contribution in [0.3, 0.4) is 0 Å². The van der Waals surface area contributed by atoms with Crippen molar-refractivity contribution in [3.63, 3.8) is 0 Å². The second-order valence-corrected chi connectivity index (χ2v) is 19.0. The van der Waals surface area contributed by atoms with Crippen molar-refractivity contribution < 1.29 is 14.3 Å². The highest BCUT2D eigenvalue weighted by Gasteiger charge is 2.29. The van der Waals surface area contributed by atoms with Crippen LogP contribution < -0.4 is 9.47 Å². The van der Waals surface area contributed by atoms with Gasteiger partial charge in [0.1, 0.15) is 23.7 Å². The van der Waals surface area contributed by atoms with Crippen molar-refractivity contribution in [2.45, 2.75) is 44.7 Å². The van der Waals surface area contributed by atoms with E-state index in [-0.39, 0.29) is 18.0 Å². The van der Waals surface area contributed by atoms with Crippen LogP contribution in [0.1, 0.15) is 52.1 Å². The molecule has 0 radical (unpaired) electrons. The normalized spacial score (nSPS) is 15.5. The number of benzene rings is 4. The van der Waals surface area contributed by atoms with Gasteiger partial charge in [-0.15, -0.1) is 0 Å². The predicted octanol–water partition coefficient (Wildman–Crippen LogP) is 11.8. The lowest BCUT2D eigenvalue weighted by Crippen LogP contribution is -2.21. The average Bonchev–Trinajstić information content (AvgIpc) is 3.27. The molecular formula is C48H39N7O3Si. The summed E-state index contributed by atoms with van der Waals surface area (Å²) < 4.78 is 16.2. The van der Waals surface area contributed by atoms with Crippen LogP contribution in [0.2, 0.25) is 19.6 Å². The zero-order valence-corrected chi connectivity index (χ0v) is 33.8. The van der Waals surface area contributed by atoms with Gasteiger partial charge in [0.2, 0.25) is 6.19 Å². The lowest BCUT2D eigenvalue weighted by atomic mass is 9.93. The molecule has 2 atom stereocenters. The number of aliphatic imine (C=N–C) groups is 1. The molecule has 11 heteroatoms. The Hall–Kier alpha value is -7.74. The Morgan fingerprint density at radius 3 is 1.68 bits per heavy atom. The lowest BCUT2D eigenvalue weighted by Gasteiger charge is -2.27. The number of aromatic nitrogens is 2. The minimum atomic E-state index is -1.21. The summed E-state index contributed by atoms with van der Waals surface area (Å²) in [7, 11) is -1.21. The molecule has 0 fully saturated rings. The maximum absolute atomic E-state index is 12.6. The van der Waals surface area contributed by atoms with Gasteiger partial charge in [-0.2, -0.15) is 10.3 Å². The van der Waals surface area contributed by atoms with Crippen LogP contribution >= 0.6 is 0 Å². The van der Waals surface area contributed by atoms with Gasteiger partial charge in [0.05, 0.1) is 30.8 Å². The number of nitriles is 1. The molecule has 0 aliphatic carbocycles. The van der Waals surface area contributed by atoms with Crippen molar-refractivity contribution in [3.05, 3.63) is 186 Å². The molecular weight excluding hydrogens is 751 g/mol. The summed E-state index contributed by atoms with van der Waals surface area (Å²) in [5.41, 5.74) is 8.81. The summed E-state index contributed by atoms with van der Waals surface area (Å²) in [6.45, 7) is 24.1. The van der Waals surface area contributed by atoms with E-state index in [0.29, 0.717) is 47.0 Å². The lowest BCUT2D eigenvalue weighted by molar-refractivity contribution is 0.0850. The summed E-state index contributed by atoms with van der Waals surface area (Å²) in [5, 5.41) is 9.13. The predicted molar refractivity (Wildman–Crippen MR) is 234 cm³/mol. The second kappa shape index (κ2) is 18.9. The zero-order valence-electron chi connectivity index (χ0n) is 32.8. The van der Waals surface area contributed by atoms with Gasteiger partial charge in [-0.05, 0) is 103 Å². The number of carbonyl (C=O) groups is 1. The highest BCUT2D eigenvalue weighted by molar-refractivity contribution is 6.75. The maximum Gasteiger partial charge on any atom is 0.205 e. The number of ether oxygens (including phenoxy) is 2. The van der Waals surface area contributed by atoms with E-state index in [9.17, 15) is 4.79 Å². The van der Waals surface area contributed by atoms with Crippen molar-refractivity contribution >= 4 is 37.0 Å². The molecule has 0 bridgehead atoms. The molecule has 0 saturated heterocycles. The molecule has 0 saturated carbocycles. The highest BCUT2D eigenvalue weighted by Crippen LogP contribution is 2.39. The van der Waals surface area contributed by atoms with Gasteiger partial charge >= 0.3 is 0 Å². The van der Waals surface area contributed by atoms with Crippen LogP contribution in [-0.2, 0) is 0 Å². The molecule has 4 heterocycles. The van der Waals surface area contributed by atoms with Crippen molar-refractivity contribution in [3.8, 4) is 39.9 Å². The van der Waals surface area contributed by atoms with Crippen LogP contribution in [0.25, 0.3) is 31.9 Å². The fraction of sp³-hybridized carbons (Fsp3) is 0.146. The number of rotatable bonds is 5. The first-order valence-electron chi connectivity index (χ1n) is 18.7. The van der Waals surface area contributed by atoms with Crippen molar-refractivity contribution in [2.75, 3.05) is 0 Å². The van der Waals surface area contributed by atoms with E-state index in [4.69, 9.17) is 27.9 Å². The van der Waals surface area contributed by atoms with Crippen LogP contribution in [-0.4, -0.2) is 35.6 Å². The topological polar surface area (TPSA) is 119 Å². The Labute approximate surface area is 345 Å². The van der Waals surface area contributed by atoms with Gasteiger partial charge < -0.3 is 9.47 Å². The molecule has 59 heavy (non-hydrogen) atoms. The molecule has 0 spiro atoms. The smallest absolute Gasteiger partial charge is 0.205 e. The number of carbonyl (C=O) groups excluding carboxylic acids is 1. The summed E-state index contributed by atoms with van der Waals surface area (Å²) in [5.74, 6) is 3.88. The molecule has 4 aromatic carbocycles. The largest absolute Gasteiger partial charge is 0.485 e. The Kier molecular flexibility index (Phi) is 13.1. The average molecular weight is 790 g/mol. The first-order chi connectivity index (χ1) is 28.6. The van der Waals surface area contributed by atoms with Crippen molar-refractivity contribution in [2.24, 2.45) is 9.65 Å². The molecule has 2 aliphatic rings. The Morgan fingerprint density at radius 2 is 1.22 bits per heavy atom. The Morgan fingerprint density at radius 1 is 0.712 bits per heavy atom. The standard InChI is InChI=1S/C22H14N4O.C21H14N2O2.C5H11NSi/c1-24-18-6-2-4-15(10-18)16-7-8-21-19(11-16)20(26-14-23)12-22(27-21)17-5-3-9-25-13-17;1-22-17-6-2-4-14(10-17)15-7-8-20-18(11-15)19(24)12-21(25-20)16-5-3-9-23-13-16;1-5-6-7(2,3)4/h2-11,13,22H,12H2;2-11,13,21H,12H2;1H2,2-4H3. The first-order valence-corrected chi connectivity index (χ1v) is 22.1. The Bertz CT molecular complexity index is 2680. The third-order valence-electron chi connectivity index (χ3n) is 9.19. The number of hydrogen-bond acceptors (Lipinski definition) is 8. The molecule has 2 aromatic heterocycles. The molecule has 10 nitrogen and oxygen atoms in total. The minimum absolute atomic E-state index is 0.0540. The summed E-state index contributed by atoms with van der Waals surface area (Å²) in [4.78, 5) is 31.9. The van der Waals surface area contributed by atoms with Crippen LogP contribution in [0.15, 0.2) is 150 Å². The number of ketones is 1. The minimum Gasteiger partial charge on any atom is -0.485 e. The first kappa shape index (κ1) is 40.9. The number of fused-ring (bicyclic) bond motifs is 2. The number of pyridine rings is 2. The van der Waals surface area contributed by atoms with E-state index < -0.39 is 8.24 Å². The van der Waals surface area contributed by atoms with Gasteiger partial charge in [-0.1, -0.05) is 60.7 Å². The fourth-order valence-corrected chi connectivity index (χ4v) is 6.91. The monoisotopic (exact) mass is 789 g/mol. The zero-order chi connectivity index (χ0) is 41.8. The van der Waals surface area contributed by atoms with Gasteiger partial charge in [0.25, 0.3) is 0 Å². The molecule has 0 amide bonds. The van der Waals surface area contributed by atoms with Gasteiger partial charge in [-0.25, -0.2) is 9.69 Å². The summed E-state index contributed by atoms with van der Waals surface area (Å²) in [6.07, 6.45) is 9.08. The molecule has 288 valence electrons. The van der Waals surface area contributed by atoms with E-state index in [1.165, 1.54) is 0 Å².